The number of ketones is 1. The summed E-state index contributed by atoms with van der Waals surface area (Å²) in [6.45, 7) is 0.147. The molecule has 1 aliphatic rings. The van der Waals surface area contributed by atoms with Gasteiger partial charge < -0.3 is 15.0 Å². The number of benzene rings is 2. The molecule has 0 unspecified atom stereocenters. The van der Waals surface area contributed by atoms with Crippen LogP contribution < -0.4 is 0 Å². The number of rotatable bonds is 5. The first-order valence-corrected chi connectivity index (χ1v) is 9.23. The zero-order chi connectivity index (χ0) is 21.3. The number of halogens is 2. The first-order valence-electron chi connectivity index (χ1n) is 9.23. The summed E-state index contributed by atoms with van der Waals surface area (Å²) in [7, 11) is 0. The number of aromatic amines is 1. The third-order valence-corrected chi connectivity index (χ3v) is 5.00. The molecule has 4 rings (SSSR count). The minimum Gasteiger partial charge on any atom is -0.507 e. The van der Waals surface area contributed by atoms with E-state index in [9.17, 15) is 23.5 Å². The third-order valence-electron chi connectivity index (χ3n) is 5.00. The van der Waals surface area contributed by atoms with E-state index in [2.05, 4.69) is 9.97 Å². The lowest BCUT2D eigenvalue weighted by Gasteiger charge is -2.25. The maximum Gasteiger partial charge on any atom is 0.295 e. The maximum atomic E-state index is 13.9. The summed E-state index contributed by atoms with van der Waals surface area (Å²) in [4.78, 5) is 33.8. The van der Waals surface area contributed by atoms with Crippen LogP contribution in [0.2, 0.25) is 0 Å². The lowest BCUT2D eigenvalue weighted by molar-refractivity contribution is -0.139. The Morgan fingerprint density at radius 3 is 2.53 bits per heavy atom. The highest BCUT2D eigenvalue weighted by Gasteiger charge is 2.45. The summed E-state index contributed by atoms with van der Waals surface area (Å²) in [5, 5.41) is 10.8. The van der Waals surface area contributed by atoms with Crippen LogP contribution in [0.15, 0.2) is 66.6 Å². The second-order valence-electron chi connectivity index (χ2n) is 6.88. The van der Waals surface area contributed by atoms with Crippen LogP contribution in [-0.2, 0) is 16.0 Å². The average Bonchev–Trinajstić information content (AvgIpc) is 3.34. The summed E-state index contributed by atoms with van der Waals surface area (Å²) < 4.78 is 27.2. The number of Topliss-reactive ketones (excluding diaryl/α,β-unsaturated/α-hetero) is 1. The first kappa shape index (κ1) is 19.5. The molecule has 2 heterocycles. The molecule has 1 aliphatic heterocycles. The van der Waals surface area contributed by atoms with Gasteiger partial charge in [0.1, 0.15) is 17.4 Å². The summed E-state index contributed by atoms with van der Waals surface area (Å²) in [5.74, 6) is -3.16. The highest BCUT2D eigenvalue weighted by molar-refractivity contribution is 6.46. The molecule has 1 atom stereocenters. The van der Waals surface area contributed by atoms with Crippen LogP contribution in [-0.4, -0.2) is 38.2 Å². The Bertz CT molecular complexity index is 1120. The minimum absolute atomic E-state index is 0.147. The summed E-state index contributed by atoms with van der Waals surface area (Å²) >= 11 is 0. The van der Waals surface area contributed by atoms with E-state index in [1.165, 1.54) is 41.6 Å². The van der Waals surface area contributed by atoms with E-state index in [0.717, 1.165) is 17.8 Å². The van der Waals surface area contributed by atoms with E-state index in [-0.39, 0.29) is 17.7 Å². The van der Waals surface area contributed by atoms with Crippen LogP contribution in [0.5, 0.6) is 0 Å². The van der Waals surface area contributed by atoms with Crippen LogP contribution in [0.4, 0.5) is 8.78 Å². The fourth-order valence-electron chi connectivity index (χ4n) is 3.56. The number of aliphatic hydroxyl groups is 1. The second kappa shape index (κ2) is 7.90. The van der Waals surface area contributed by atoms with Gasteiger partial charge in [-0.25, -0.2) is 13.8 Å². The summed E-state index contributed by atoms with van der Waals surface area (Å²) in [5.41, 5.74) is 1.13. The average molecular weight is 409 g/mol. The second-order valence-corrected chi connectivity index (χ2v) is 6.88. The van der Waals surface area contributed by atoms with Gasteiger partial charge in [0.15, 0.2) is 0 Å². The number of aliphatic hydroxyl groups excluding tert-OH is 1. The molecular formula is C22H17F2N3O3. The van der Waals surface area contributed by atoms with Crippen molar-refractivity contribution in [2.45, 2.75) is 12.5 Å². The number of imidazole rings is 1. The fourth-order valence-corrected chi connectivity index (χ4v) is 3.56. The van der Waals surface area contributed by atoms with E-state index in [1.807, 2.05) is 0 Å². The number of carbonyl (C=O) groups is 2. The van der Waals surface area contributed by atoms with Gasteiger partial charge in [0.2, 0.25) is 0 Å². The third kappa shape index (κ3) is 3.59. The normalized spacial score (nSPS) is 18.2. The fraction of sp³-hybridized carbons (Fsp3) is 0.136. The molecule has 6 nitrogen and oxygen atoms in total. The van der Waals surface area contributed by atoms with Crippen molar-refractivity contribution < 1.29 is 23.5 Å². The van der Waals surface area contributed by atoms with Crippen LogP contribution in [0.3, 0.4) is 0 Å². The van der Waals surface area contributed by atoms with E-state index in [4.69, 9.17) is 0 Å². The Kier molecular flexibility index (Phi) is 5.14. The molecule has 1 amide bonds. The van der Waals surface area contributed by atoms with Gasteiger partial charge in [-0.1, -0.05) is 12.1 Å². The minimum atomic E-state index is -0.978. The topological polar surface area (TPSA) is 86.3 Å². The molecule has 1 fully saturated rings. The van der Waals surface area contributed by atoms with Gasteiger partial charge in [0.05, 0.1) is 17.9 Å². The van der Waals surface area contributed by atoms with Crippen molar-refractivity contribution in [1.29, 1.82) is 0 Å². The molecule has 3 aromatic rings. The maximum absolute atomic E-state index is 13.9. The molecule has 0 spiro atoms. The molecule has 1 aromatic heterocycles. The van der Waals surface area contributed by atoms with Crippen molar-refractivity contribution in [3.8, 4) is 0 Å². The standard InChI is InChI=1S/C22H17F2N3O3/c23-15-6-4-13(5-7-15)20(28)18-19(14-2-1-3-16(24)10-14)27(22(30)21(18)29)9-8-17-11-25-12-26-17/h1-7,10-12,19,28H,8-9H2,(H,25,26)/t19-/m1/s1. The van der Waals surface area contributed by atoms with Crippen LogP contribution in [0, 0.1) is 11.6 Å². The predicted octanol–water partition coefficient (Wildman–Crippen LogP) is 3.35. The molecule has 0 bridgehead atoms. The zero-order valence-electron chi connectivity index (χ0n) is 15.7. The Morgan fingerprint density at radius 2 is 1.87 bits per heavy atom. The van der Waals surface area contributed by atoms with Crippen molar-refractivity contribution in [2.24, 2.45) is 0 Å². The number of aromatic nitrogens is 2. The van der Waals surface area contributed by atoms with Crippen molar-refractivity contribution in [2.75, 3.05) is 6.54 Å². The quantitative estimate of drug-likeness (QED) is 0.384. The highest BCUT2D eigenvalue weighted by Crippen LogP contribution is 2.39. The Labute approximate surface area is 170 Å². The van der Waals surface area contributed by atoms with Crippen molar-refractivity contribution in [3.05, 3.63) is 95.1 Å². The molecule has 2 N–H and O–H groups in total. The van der Waals surface area contributed by atoms with E-state index >= 15 is 0 Å². The zero-order valence-corrected chi connectivity index (χ0v) is 15.7. The Hall–Kier alpha value is -3.81. The molecule has 30 heavy (non-hydrogen) atoms. The number of carbonyl (C=O) groups excluding carboxylic acids is 2. The van der Waals surface area contributed by atoms with Crippen molar-refractivity contribution >= 4 is 17.4 Å². The smallest absolute Gasteiger partial charge is 0.295 e. The van der Waals surface area contributed by atoms with E-state index < -0.39 is 35.1 Å². The van der Waals surface area contributed by atoms with Gasteiger partial charge in [-0.2, -0.15) is 0 Å². The Balaban J connectivity index is 1.80. The van der Waals surface area contributed by atoms with Crippen molar-refractivity contribution in [1.82, 2.24) is 14.9 Å². The van der Waals surface area contributed by atoms with E-state index in [0.29, 0.717) is 12.0 Å². The largest absolute Gasteiger partial charge is 0.507 e. The summed E-state index contributed by atoms with van der Waals surface area (Å²) in [6.07, 6.45) is 3.49. The summed E-state index contributed by atoms with van der Waals surface area (Å²) in [6, 6.07) is 9.45. The van der Waals surface area contributed by atoms with Gasteiger partial charge in [-0.15, -0.1) is 0 Å². The number of nitrogens with one attached hydrogen (secondary N) is 1. The van der Waals surface area contributed by atoms with Gasteiger partial charge in [-0.3, -0.25) is 9.59 Å². The van der Waals surface area contributed by atoms with Crippen LogP contribution in [0.25, 0.3) is 5.76 Å². The number of amides is 1. The predicted molar refractivity (Wildman–Crippen MR) is 104 cm³/mol. The Morgan fingerprint density at radius 1 is 1.10 bits per heavy atom. The van der Waals surface area contributed by atoms with Crippen LogP contribution >= 0.6 is 0 Å². The van der Waals surface area contributed by atoms with Gasteiger partial charge in [0, 0.05) is 30.4 Å². The number of H-pyrrole nitrogens is 1. The molecule has 152 valence electrons. The number of nitrogens with zero attached hydrogens (tertiary/aromatic N) is 2. The molecule has 0 aliphatic carbocycles. The number of likely N-dealkylation sites (tertiary alicyclic amines) is 1. The van der Waals surface area contributed by atoms with Gasteiger partial charge >= 0.3 is 0 Å². The molecule has 0 saturated carbocycles. The number of hydrogen-bond acceptors (Lipinski definition) is 4. The number of hydrogen-bond donors (Lipinski definition) is 2. The molecule has 2 aromatic carbocycles. The monoisotopic (exact) mass is 409 g/mol. The van der Waals surface area contributed by atoms with E-state index in [1.54, 1.807) is 12.3 Å². The first-order chi connectivity index (χ1) is 14.5. The molecule has 1 saturated heterocycles. The molecule has 8 heteroatoms. The van der Waals surface area contributed by atoms with Crippen LogP contribution in [0.1, 0.15) is 22.9 Å². The highest BCUT2D eigenvalue weighted by atomic mass is 19.1. The van der Waals surface area contributed by atoms with Gasteiger partial charge in [0.25, 0.3) is 11.7 Å². The van der Waals surface area contributed by atoms with Crippen molar-refractivity contribution in [3.63, 3.8) is 0 Å². The van der Waals surface area contributed by atoms with Gasteiger partial charge in [-0.05, 0) is 42.0 Å². The lowest BCUT2D eigenvalue weighted by Crippen LogP contribution is -2.31. The lowest BCUT2D eigenvalue weighted by atomic mass is 9.95. The molecular weight excluding hydrogens is 392 g/mol. The SMILES string of the molecule is O=C1C(=O)N(CCc2cnc[nH]2)[C@H](c2cccc(F)c2)C1=C(O)c1ccc(F)cc1. The molecule has 0 radical (unpaired) electrons.